The maximum atomic E-state index is 13.4. The molecule has 4 fully saturated rings. The third-order valence-corrected chi connectivity index (χ3v) is 21.3. The van der Waals surface area contributed by atoms with E-state index < -0.39 is 0 Å². The van der Waals surface area contributed by atoms with Crippen molar-refractivity contribution in [2.75, 3.05) is 47.7 Å². The molecule has 4 aliphatic carbocycles. The molecule has 4 N–H and O–H groups in total. The number of aryl methyl sites for hydroxylation is 1. The maximum absolute atomic E-state index is 13.4. The highest BCUT2D eigenvalue weighted by Gasteiger charge is 2.23. The predicted molar refractivity (Wildman–Crippen MR) is 437 cm³/mol. The molecule has 8 aromatic rings. The fourth-order valence-electron chi connectivity index (χ4n) is 15.3. The number of benzene rings is 8. The van der Waals surface area contributed by atoms with Crippen LogP contribution in [-0.4, -0.2) is 50.3 Å². The van der Waals surface area contributed by atoms with Gasteiger partial charge in [-0.05, 0) is 201 Å². The zero-order valence-corrected chi connectivity index (χ0v) is 65.1. The van der Waals surface area contributed by atoms with Gasteiger partial charge in [-0.2, -0.15) is 0 Å². The molecule has 4 aliphatic rings. The minimum absolute atomic E-state index is 0.235. The van der Waals surface area contributed by atoms with E-state index in [-0.39, 0.29) is 35.5 Å². The van der Waals surface area contributed by atoms with Crippen LogP contribution in [0.3, 0.4) is 0 Å². The molecule has 8 aromatic carbocycles. The molecule has 0 spiro atoms. The molecular formula is C94H115F2N5O8. The number of ether oxygens (including phenoxy) is 4. The van der Waals surface area contributed by atoms with E-state index in [0.717, 1.165) is 83.5 Å². The summed E-state index contributed by atoms with van der Waals surface area (Å²) in [5.41, 5.74) is 17.4. The van der Waals surface area contributed by atoms with Crippen molar-refractivity contribution < 1.29 is 46.9 Å². The van der Waals surface area contributed by atoms with Gasteiger partial charge in [0.15, 0.2) is 5.69 Å². The van der Waals surface area contributed by atoms with E-state index in [0.29, 0.717) is 85.8 Å². The molecule has 15 heteroatoms. The Morgan fingerprint density at radius 1 is 0.349 bits per heavy atom. The highest BCUT2D eigenvalue weighted by molar-refractivity contribution is 5.93. The summed E-state index contributed by atoms with van der Waals surface area (Å²) in [6.07, 6.45) is 30.4. The molecule has 0 aliphatic heterocycles. The number of hydrogen-bond donors (Lipinski definition) is 4. The summed E-state index contributed by atoms with van der Waals surface area (Å²) in [7, 11) is 0. The summed E-state index contributed by atoms with van der Waals surface area (Å²) in [6.45, 7) is 20.4. The summed E-state index contributed by atoms with van der Waals surface area (Å²) in [6, 6.07) is 52.7. The zero-order chi connectivity index (χ0) is 77.0. The van der Waals surface area contributed by atoms with E-state index in [1.165, 1.54) is 186 Å². The van der Waals surface area contributed by atoms with Gasteiger partial charge in [0.2, 0.25) is 0 Å². The Labute approximate surface area is 647 Å². The molecule has 0 saturated heterocycles. The molecule has 0 unspecified atom stereocenters. The summed E-state index contributed by atoms with van der Waals surface area (Å²) >= 11 is 0. The normalized spacial score (nSPS) is 14.6. The Bertz CT molecular complexity index is 4040. The van der Waals surface area contributed by atoms with Crippen LogP contribution in [0.1, 0.15) is 248 Å². The minimum atomic E-state index is -0.310. The van der Waals surface area contributed by atoms with Crippen LogP contribution in [0.5, 0.6) is 0 Å². The van der Waals surface area contributed by atoms with Gasteiger partial charge in [0.1, 0.15) is 11.6 Å². The van der Waals surface area contributed by atoms with Crippen molar-refractivity contribution in [2.24, 2.45) is 23.7 Å². The first-order chi connectivity index (χ1) is 53.1. The van der Waals surface area contributed by atoms with Crippen molar-refractivity contribution in [2.45, 2.75) is 215 Å². The summed E-state index contributed by atoms with van der Waals surface area (Å²) in [4.78, 5) is 52.0. The van der Waals surface area contributed by atoms with Gasteiger partial charge in [-0.25, -0.2) is 32.8 Å². The molecule has 578 valence electrons. The van der Waals surface area contributed by atoms with Gasteiger partial charge in [0, 0.05) is 48.9 Å². The average molecular weight is 1480 g/mol. The molecule has 0 radical (unpaired) electrons. The molecular weight excluding hydrogens is 1370 g/mol. The minimum Gasteiger partial charge on any atom is -0.462 e. The lowest BCUT2D eigenvalue weighted by atomic mass is 9.84. The number of carbonyl (C=O) groups excluding carboxylic acids is 4. The van der Waals surface area contributed by atoms with Crippen molar-refractivity contribution in [1.82, 2.24) is 0 Å². The molecule has 4 saturated carbocycles. The van der Waals surface area contributed by atoms with E-state index in [1.807, 2.05) is 112 Å². The number of halogens is 2. The van der Waals surface area contributed by atoms with Gasteiger partial charge >= 0.3 is 23.9 Å². The first kappa shape index (κ1) is 83.2. The van der Waals surface area contributed by atoms with E-state index in [1.54, 1.807) is 25.1 Å². The Kier molecular flexibility index (Phi) is 34.5. The number of rotatable bonds is 28. The molecule has 0 heterocycles. The highest BCUT2D eigenvalue weighted by atomic mass is 19.1. The molecule has 109 heavy (non-hydrogen) atoms. The van der Waals surface area contributed by atoms with Crippen LogP contribution in [0.4, 0.5) is 37.2 Å². The quantitative estimate of drug-likeness (QED) is 0.0209. The molecule has 13 nitrogen and oxygen atoms in total. The van der Waals surface area contributed by atoms with Gasteiger partial charge in [-0.3, -0.25) is 0 Å². The predicted octanol–water partition coefficient (Wildman–Crippen LogP) is 23.5. The number of carbonyl (C=O) groups is 4. The Morgan fingerprint density at radius 3 is 0.917 bits per heavy atom. The lowest BCUT2D eigenvalue weighted by Crippen LogP contribution is -2.12. The second-order valence-corrected chi connectivity index (χ2v) is 29.6. The van der Waals surface area contributed by atoms with Crippen LogP contribution in [0.15, 0.2) is 170 Å². The van der Waals surface area contributed by atoms with E-state index in [9.17, 15) is 28.0 Å². The van der Waals surface area contributed by atoms with Crippen LogP contribution < -0.4 is 21.3 Å². The third kappa shape index (κ3) is 28.0. The van der Waals surface area contributed by atoms with Crippen LogP contribution in [0.25, 0.3) is 4.85 Å². The second kappa shape index (κ2) is 45.2. The summed E-state index contributed by atoms with van der Waals surface area (Å²) < 4.78 is 47.2. The molecule has 0 bridgehead atoms. The first-order valence-corrected chi connectivity index (χ1v) is 40.3. The van der Waals surface area contributed by atoms with Gasteiger partial charge in [0.05, 0.1) is 55.3 Å². The van der Waals surface area contributed by atoms with Crippen LogP contribution in [0, 0.1) is 48.8 Å². The largest absolute Gasteiger partial charge is 0.462 e. The van der Waals surface area contributed by atoms with Crippen LogP contribution >= 0.6 is 0 Å². The van der Waals surface area contributed by atoms with Gasteiger partial charge in [0.25, 0.3) is 0 Å². The number of nitrogens with one attached hydrogen (secondary N) is 4. The van der Waals surface area contributed by atoms with Gasteiger partial charge in [-0.1, -0.05) is 231 Å². The van der Waals surface area contributed by atoms with Crippen molar-refractivity contribution in [3.63, 3.8) is 0 Å². The smallest absolute Gasteiger partial charge is 0.338 e. The monoisotopic (exact) mass is 1480 g/mol. The van der Waals surface area contributed by atoms with E-state index >= 15 is 0 Å². The Morgan fingerprint density at radius 2 is 0.633 bits per heavy atom. The third-order valence-electron chi connectivity index (χ3n) is 21.3. The lowest BCUT2D eigenvalue weighted by Gasteiger charge is -2.23. The lowest BCUT2D eigenvalue weighted by molar-refractivity contribution is 0.0517. The first-order valence-electron chi connectivity index (χ1n) is 40.3. The second-order valence-electron chi connectivity index (χ2n) is 29.6. The molecule has 0 amide bonds. The topological polar surface area (TPSA) is 158 Å². The summed E-state index contributed by atoms with van der Waals surface area (Å²) in [5, 5.41) is 13.9. The van der Waals surface area contributed by atoms with E-state index in [2.05, 4.69) is 69.4 Å². The molecule has 0 aromatic heterocycles. The standard InChI is InChI=1S/C24H28N2O2.C24H31NO2.2C23H28FNO2/c1-3-28-24(27)21-12-11-20(15-18-7-5-4-6-8-18)23(16-21)26-17-19-9-13-22(25-2)14-10-19;1-3-27-24(26)22-14-13-21(15-19-7-5-4-6-8-19)23(16-22)25-17-20-11-9-18(2)10-12-20;1-2-27-23(26)20-12-11-19(13-17-7-4-3-5-8-17)22(15-20)25-16-18-9-6-10-21(24)14-18;1-2-27-23(26)20-11-10-19(14-17-6-4-3-5-7-17)22(15-20)25-16-18-8-12-21(24)13-9-18/h9-14,16,18,26H,3-8,15,17H2,1H3;9-14,16,19,25H,3-8,15,17H2,1-2H3;6,9-12,14-15,17,25H,2-5,7-8,13,16H2,1H3;8-13,15,17,25H,2-7,14,16H2,1H3. The van der Waals surface area contributed by atoms with Crippen molar-refractivity contribution in [1.29, 1.82) is 0 Å². The SMILES string of the molecule is CCOC(=O)c1ccc(CC2CCCCC2)c(NCc2ccc(C)cc2)c1.CCOC(=O)c1ccc(CC2CCCCC2)c(NCc2ccc(F)cc2)c1.CCOC(=O)c1ccc(CC2CCCCC2)c(NCc2cccc(F)c2)c1.[C-]#[N+]c1ccc(CNc2cc(C(=O)OCC)ccc2CC2CCCCC2)cc1. The Hall–Kier alpha value is -9.81. The average Bonchev–Trinajstić information content (AvgIpc) is 0.849. The Balaban J connectivity index is 0.000000167. The maximum Gasteiger partial charge on any atom is 0.338 e. The molecule has 12 rings (SSSR count). The van der Waals surface area contributed by atoms with Crippen molar-refractivity contribution in [3.05, 3.63) is 265 Å². The summed E-state index contributed by atoms with van der Waals surface area (Å²) in [5.74, 6) is 1.27. The van der Waals surface area contributed by atoms with Crippen molar-refractivity contribution >= 4 is 52.3 Å². The zero-order valence-electron chi connectivity index (χ0n) is 65.1. The van der Waals surface area contributed by atoms with Crippen LogP contribution in [0.2, 0.25) is 0 Å². The fraction of sp³-hybridized carbons (Fsp3) is 0.436. The number of hydrogen-bond acceptors (Lipinski definition) is 12. The van der Waals surface area contributed by atoms with Crippen molar-refractivity contribution in [3.8, 4) is 0 Å². The fourth-order valence-corrected chi connectivity index (χ4v) is 15.3. The number of esters is 4. The van der Waals surface area contributed by atoms with E-state index in [4.69, 9.17) is 25.5 Å². The number of nitrogens with zero attached hydrogens (tertiary/aromatic N) is 1. The van der Waals surface area contributed by atoms with Gasteiger partial charge in [-0.15, -0.1) is 0 Å². The number of anilines is 4. The highest BCUT2D eigenvalue weighted by Crippen LogP contribution is 2.36. The van der Waals surface area contributed by atoms with Gasteiger partial charge < -0.3 is 40.2 Å². The molecule has 0 atom stereocenters. The van der Waals surface area contributed by atoms with Crippen LogP contribution in [-0.2, 0) is 70.8 Å².